The van der Waals surface area contributed by atoms with Crippen LogP contribution in [0.4, 0.5) is 5.69 Å². The van der Waals surface area contributed by atoms with E-state index in [-0.39, 0.29) is 21.8 Å². The largest absolute Gasteiger partial charge is 0.478 e. The fraction of sp³-hybridized carbons (Fsp3) is 0.176. The molecule has 2 aromatic carbocycles. The zero-order chi connectivity index (χ0) is 19.2. The molecule has 0 radical (unpaired) electrons. The van der Waals surface area contributed by atoms with Crippen molar-refractivity contribution >= 4 is 32.7 Å². The van der Waals surface area contributed by atoms with E-state index in [1.807, 2.05) is 0 Å². The Morgan fingerprint density at radius 1 is 1.04 bits per heavy atom. The van der Waals surface area contributed by atoms with Crippen LogP contribution in [0.3, 0.4) is 0 Å². The van der Waals surface area contributed by atoms with E-state index >= 15 is 0 Å². The van der Waals surface area contributed by atoms with Gasteiger partial charge < -0.3 is 5.11 Å². The summed E-state index contributed by atoms with van der Waals surface area (Å²) in [5.74, 6) is -1.22. The summed E-state index contributed by atoms with van der Waals surface area (Å²) in [5, 5.41) is 9.30. The zero-order valence-corrected chi connectivity index (χ0v) is 15.2. The number of rotatable bonds is 4. The average molecular weight is 375 g/mol. The Kier molecular flexibility index (Phi) is 4.11. The number of carboxylic acid groups (broad SMARTS) is 1. The van der Waals surface area contributed by atoms with Crippen molar-refractivity contribution in [1.82, 2.24) is 9.13 Å². The third kappa shape index (κ3) is 2.57. The molecule has 3 rings (SSSR count). The van der Waals surface area contributed by atoms with E-state index < -0.39 is 16.0 Å². The van der Waals surface area contributed by atoms with Crippen molar-refractivity contribution in [2.45, 2.75) is 4.90 Å². The number of carbonyl (C=O) groups is 1. The van der Waals surface area contributed by atoms with Crippen LogP contribution < -0.4 is 9.99 Å². The minimum atomic E-state index is -4.01. The summed E-state index contributed by atoms with van der Waals surface area (Å²) in [6.45, 7) is 0. The maximum Gasteiger partial charge on any atom is 0.337 e. The Balaban J connectivity index is 2.17. The van der Waals surface area contributed by atoms with E-state index in [2.05, 4.69) is 0 Å². The van der Waals surface area contributed by atoms with Gasteiger partial charge in [0, 0.05) is 21.1 Å². The number of hydrogen-bond acceptors (Lipinski definition) is 4. The molecule has 3 aromatic rings. The molecular weight excluding hydrogens is 358 g/mol. The van der Waals surface area contributed by atoms with Gasteiger partial charge in [-0.25, -0.2) is 18.0 Å². The van der Waals surface area contributed by atoms with E-state index in [0.717, 1.165) is 4.31 Å². The lowest BCUT2D eigenvalue weighted by molar-refractivity contribution is 0.0698. The van der Waals surface area contributed by atoms with E-state index in [0.29, 0.717) is 11.0 Å². The number of anilines is 1. The molecule has 136 valence electrons. The van der Waals surface area contributed by atoms with Crippen molar-refractivity contribution in [2.24, 2.45) is 14.1 Å². The summed E-state index contributed by atoms with van der Waals surface area (Å²) >= 11 is 0. The number of sulfonamides is 1. The molecule has 9 heteroatoms. The quantitative estimate of drug-likeness (QED) is 0.743. The number of carboxylic acids is 1. The van der Waals surface area contributed by atoms with E-state index in [4.69, 9.17) is 0 Å². The van der Waals surface area contributed by atoms with Crippen molar-refractivity contribution in [3.8, 4) is 0 Å². The van der Waals surface area contributed by atoms with Crippen LogP contribution in [0, 0.1) is 0 Å². The number of nitrogens with zero attached hydrogens (tertiary/aromatic N) is 3. The van der Waals surface area contributed by atoms with Crippen LogP contribution in [0.1, 0.15) is 10.4 Å². The second-order valence-electron chi connectivity index (χ2n) is 5.85. The predicted octanol–water partition coefficient (Wildman–Crippen LogP) is 1.40. The first-order chi connectivity index (χ1) is 12.2. The highest BCUT2D eigenvalue weighted by Crippen LogP contribution is 2.27. The molecule has 1 N–H and O–H groups in total. The number of fused-ring (bicyclic) bond motifs is 1. The first-order valence-corrected chi connectivity index (χ1v) is 9.07. The van der Waals surface area contributed by atoms with Crippen LogP contribution in [-0.2, 0) is 24.1 Å². The highest BCUT2D eigenvalue weighted by molar-refractivity contribution is 7.92. The molecule has 0 saturated carbocycles. The number of benzene rings is 2. The first kappa shape index (κ1) is 17.7. The molecule has 0 aliphatic carbocycles. The summed E-state index contributed by atoms with van der Waals surface area (Å²) in [6.07, 6.45) is 0. The fourth-order valence-electron chi connectivity index (χ4n) is 2.86. The van der Waals surface area contributed by atoms with Gasteiger partial charge >= 0.3 is 11.7 Å². The molecule has 0 amide bonds. The van der Waals surface area contributed by atoms with Gasteiger partial charge in [0.05, 0.1) is 27.2 Å². The third-order valence-electron chi connectivity index (χ3n) is 4.38. The molecule has 0 fully saturated rings. The van der Waals surface area contributed by atoms with Gasteiger partial charge in [-0.15, -0.1) is 0 Å². The highest BCUT2D eigenvalue weighted by atomic mass is 32.2. The van der Waals surface area contributed by atoms with Gasteiger partial charge in [0.25, 0.3) is 10.0 Å². The van der Waals surface area contributed by atoms with Gasteiger partial charge in [0.15, 0.2) is 0 Å². The van der Waals surface area contributed by atoms with Crippen LogP contribution >= 0.6 is 0 Å². The Morgan fingerprint density at radius 2 is 1.65 bits per heavy atom. The molecular formula is C17H17N3O5S. The van der Waals surface area contributed by atoms with Crippen LogP contribution in [0.5, 0.6) is 0 Å². The topological polar surface area (TPSA) is 102 Å². The van der Waals surface area contributed by atoms with Gasteiger partial charge in [0.1, 0.15) is 0 Å². The lowest BCUT2D eigenvalue weighted by Crippen LogP contribution is -2.28. The monoisotopic (exact) mass is 375 g/mol. The number of aromatic carboxylic acids is 1. The summed E-state index contributed by atoms with van der Waals surface area (Å²) < 4.78 is 29.7. The highest BCUT2D eigenvalue weighted by Gasteiger charge is 2.26. The van der Waals surface area contributed by atoms with Gasteiger partial charge in [-0.2, -0.15) is 0 Å². The minimum absolute atomic E-state index is 0.0334. The van der Waals surface area contributed by atoms with Crippen LogP contribution in [0.15, 0.2) is 52.2 Å². The van der Waals surface area contributed by atoms with Gasteiger partial charge in [-0.3, -0.25) is 13.4 Å². The Hall–Kier alpha value is -3.07. The first-order valence-electron chi connectivity index (χ1n) is 7.63. The van der Waals surface area contributed by atoms with Crippen molar-refractivity contribution in [3.63, 3.8) is 0 Å². The smallest absolute Gasteiger partial charge is 0.337 e. The number of imidazole rings is 1. The maximum atomic E-state index is 13.0. The molecule has 1 heterocycles. The number of aromatic nitrogens is 2. The zero-order valence-electron chi connectivity index (χ0n) is 14.4. The third-order valence-corrected chi connectivity index (χ3v) is 6.14. The Bertz CT molecular complexity index is 1190. The summed E-state index contributed by atoms with van der Waals surface area (Å²) in [7, 11) is 0.448. The normalized spacial score (nSPS) is 11.7. The number of hydrogen-bond donors (Lipinski definition) is 1. The molecule has 0 spiro atoms. The lowest BCUT2D eigenvalue weighted by atomic mass is 10.2. The molecule has 26 heavy (non-hydrogen) atoms. The number of para-hydroxylation sites is 1. The van der Waals surface area contributed by atoms with Crippen molar-refractivity contribution in [3.05, 3.63) is 58.5 Å². The van der Waals surface area contributed by atoms with Crippen LogP contribution in [-0.4, -0.2) is 35.7 Å². The minimum Gasteiger partial charge on any atom is -0.478 e. The van der Waals surface area contributed by atoms with Crippen molar-refractivity contribution in [1.29, 1.82) is 0 Å². The van der Waals surface area contributed by atoms with Gasteiger partial charge in [-0.1, -0.05) is 12.1 Å². The van der Waals surface area contributed by atoms with Gasteiger partial charge in [-0.05, 0) is 30.3 Å². The molecule has 8 nitrogen and oxygen atoms in total. The summed E-state index contributed by atoms with van der Waals surface area (Å²) in [6, 6.07) is 10.2. The second-order valence-corrected chi connectivity index (χ2v) is 7.82. The van der Waals surface area contributed by atoms with E-state index in [9.17, 15) is 23.1 Å². The molecule has 0 saturated heterocycles. The van der Waals surface area contributed by atoms with Crippen LogP contribution in [0.25, 0.3) is 11.0 Å². The fourth-order valence-corrected chi connectivity index (χ4v) is 4.10. The molecule has 0 bridgehead atoms. The van der Waals surface area contributed by atoms with Crippen LogP contribution in [0.2, 0.25) is 0 Å². The van der Waals surface area contributed by atoms with Crippen molar-refractivity contribution < 1.29 is 18.3 Å². The standard InChI is InChI=1S/C17H17N3O5S/c1-18-14-9-8-11(10-15(14)19(2)17(18)23)26(24,25)20(3)13-7-5-4-6-12(13)16(21)22/h4-10H,1-3H3,(H,21,22). The predicted molar refractivity (Wildman–Crippen MR) is 97.2 cm³/mol. The molecule has 0 atom stereocenters. The van der Waals surface area contributed by atoms with E-state index in [1.165, 1.54) is 46.5 Å². The summed E-state index contributed by atoms with van der Waals surface area (Å²) in [5.41, 5.74) is 0.747. The average Bonchev–Trinajstić information content (AvgIpc) is 2.85. The maximum absolute atomic E-state index is 13.0. The molecule has 0 unspecified atom stereocenters. The van der Waals surface area contributed by atoms with E-state index in [1.54, 1.807) is 26.2 Å². The molecule has 0 aliphatic rings. The van der Waals surface area contributed by atoms with Gasteiger partial charge in [0.2, 0.25) is 0 Å². The SMILES string of the molecule is CN(c1ccccc1C(=O)O)S(=O)(=O)c1ccc2c(c1)n(C)c(=O)n2C. The molecule has 0 aliphatic heterocycles. The Morgan fingerprint density at radius 3 is 2.31 bits per heavy atom. The lowest BCUT2D eigenvalue weighted by Gasteiger charge is -2.21. The van der Waals surface area contributed by atoms with Crippen molar-refractivity contribution in [2.75, 3.05) is 11.4 Å². The Labute approximate surface area is 149 Å². The molecule has 1 aromatic heterocycles. The number of aryl methyl sites for hydroxylation is 2. The summed E-state index contributed by atoms with van der Waals surface area (Å²) in [4.78, 5) is 23.4. The second kappa shape index (κ2) is 6.03.